The Hall–Kier alpha value is -2.46. The number of hydrogen-bond donors (Lipinski definition) is 3. The van der Waals surface area contributed by atoms with Gasteiger partial charge >= 0.3 is 12.0 Å². The Balaban J connectivity index is 3.06. The quantitative estimate of drug-likeness (QED) is 0.509. The Bertz CT molecular complexity index is 834. The van der Waals surface area contributed by atoms with Crippen LogP contribution in [0.1, 0.15) is 39.7 Å². The zero-order chi connectivity index (χ0) is 22.4. The van der Waals surface area contributed by atoms with Crippen molar-refractivity contribution >= 4 is 27.9 Å². The fourth-order valence-corrected chi connectivity index (χ4v) is 3.73. The Morgan fingerprint density at radius 3 is 2.07 bits per heavy atom. The van der Waals surface area contributed by atoms with Gasteiger partial charge < -0.3 is 10.5 Å². The van der Waals surface area contributed by atoms with E-state index < -0.39 is 46.0 Å². The van der Waals surface area contributed by atoms with Crippen LogP contribution in [0.15, 0.2) is 29.2 Å². The van der Waals surface area contributed by atoms with Crippen LogP contribution in [0.25, 0.3) is 0 Å². The molecule has 1 rings (SSSR count). The number of urea groups is 1. The van der Waals surface area contributed by atoms with Gasteiger partial charge in [0, 0.05) is 0 Å². The molecule has 0 heterocycles. The van der Waals surface area contributed by atoms with Crippen LogP contribution in [-0.2, 0) is 24.3 Å². The van der Waals surface area contributed by atoms with Gasteiger partial charge in [0.15, 0.2) is 6.10 Å². The van der Waals surface area contributed by atoms with E-state index in [1.807, 2.05) is 26.1 Å². The molecule has 0 aliphatic heterocycles. The summed E-state index contributed by atoms with van der Waals surface area (Å²) in [6.07, 6.45) is -1.14. The molecule has 3 amide bonds. The molecule has 1 aromatic carbocycles. The molecule has 0 spiro atoms. The number of nitrogens with one attached hydrogen (secondary N) is 2. The first-order valence-corrected chi connectivity index (χ1v) is 10.7. The second-order valence-corrected chi connectivity index (χ2v) is 9.29. The maximum absolute atomic E-state index is 12.7. The van der Waals surface area contributed by atoms with E-state index in [0.717, 1.165) is 5.56 Å². The second kappa shape index (κ2) is 10.4. The van der Waals surface area contributed by atoms with Crippen molar-refractivity contribution in [3.05, 3.63) is 29.8 Å². The van der Waals surface area contributed by atoms with Crippen LogP contribution in [0.5, 0.6) is 0 Å². The second-order valence-electron chi connectivity index (χ2n) is 7.57. The Labute approximate surface area is 171 Å². The molecule has 1 aromatic rings. The highest BCUT2D eigenvalue weighted by Crippen LogP contribution is 2.16. The van der Waals surface area contributed by atoms with Gasteiger partial charge in [-0.25, -0.2) is 13.2 Å². The van der Waals surface area contributed by atoms with Crippen molar-refractivity contribution in [3.8, 4) is 0 Å². The van der Waals surface area contributed by atoms with Gasteiger partial charge in [-0.3, -0.25) is 14.9 Å². The number of ether oxygens (including phenoxy) is 1. The fourth-order valence-electron chi connectivity index (χ4n) is 2.53. The third kappa shape index (κ3) is 7.82. The molecule has 0 aliphatic carbocycles. The lowest BCUT2D eigenvalue weighted by molar-refractivity contribution is -0.160. The maximum atomic E-state index is 12.7. The summed E-state index contributed by atoms with van der Waals surface area (Å²) in [4.78, 5) is 35.7. The predicted octanol–water partition coefficient (Wildman–Crippen LogP) is 1.45. The van der Waals surface area contributed by atoms with Crippen molar-refractivity contribution in [2.75, 3.05) is 0 Å². The molecule has 0 bridgehead atoms. The average molecular weight is 428 g/mol. The van der Waals surface area contributed by atoms with Gasteiger partial charge in [-0.1, -0.05) is 45.4 Å². The lowest BCUT2D eigenvalue weighted by Gasteiger charge is -2.24. The Kier molecular flexibility index (Phi) is 8.78. The Morgan fingerprint density at radius 1 is 1.07 bits per heavy atom. The molecular weight excluding hydrogens is 398 g/mol. The first-order valence-electron chi connectivity index (χ1n) is 9.23. The average Bonchev–Trinajstić information content (AvgIpc) is 2.57. The number of primary amides is 1. The van der Waals surface area contributed by atoms with Gasteiger partial charge in [0.1, 0.15) is 6.04 Å². The highest BCUT2D eigenvalue weighted by Gasteiger charge is 2.33. The van der Waals surface area contributed by atoms with Gasteiger partial charge in [0.05, 0.1) is 4.90 Å². The van der Waals surface area contributed by atoms with E-state index in [0.29, 0.717) is 0 Å². The van der Waals surface area contributed by atoms with Crippen molar-refractivity contribution in [3.63, 3.8) is 0 Å². The van der Waals surface area contributed by atoms with E-state index in [-0.39, 0.29) is 17.2 Å². The molecule has 0 radical (unpaired) electrons. The number of aryl methyl sites for hydroxylation is 1. The number of nitrogens with two attached hydrogens (primary N) is 1. The molecular formula is C19H29N3O6S. The minimum absolute atomic E-state index is 0.0107. The minimum Gasteiger partial charge on any atom is -0.451 e. The smallest absolute Gasteiger partial charge is 0.324 e. The number of hydrogen-bond acceptors (Lipinski definition) is 6. The van der Waals surface area contributed by atoms with Crippen LogP contribution in [0, 0.1) is 18.8 Å². The van der Waals surface area contributed by atoms with Gasteiger partial charge in [0.2, 0.25) is 10.0 Å². The summed E-state index contributed by atoms with van der Waals surface area (Å²) in [6.45, 7) is 8.70. The number of amides is 3. The van der Waals surface area contributed by atoms with Gasteiger partial charge in [-0.2, -0.15) is 4.72 Å². The highest BCUT2D eigenvalue weighted by atomic mass is 32.2. The molecule has 0 unspecified atom stereocenters. The summed E-state index contributed by atoms with van der Waals surface area (Å²) in [6, 6.07) is 3.89. The summed E-state index contributed by atoms with van der Waals surface area (Å²) in [7, 11) is -3.99. The summed E-state index contributed by atoms with van der Waals surface area (Å²) < 4.78 is 33.0. The lowest BCUT2D eigenvalue weighted by Crippen LogP contribution is -2.49. The first-order chi connectivity index (χ1) is 13.3. The van der Waals surface area contributed by atoms with Gasteiger partial charge in [0.25, 0.3) is 5.91 Å². The van der Waals surface area contributed by atoms with E-state index in [1.54, 1.807) is 26.0 Å². The largest absolute Gasteiger partial charge is 0.451 e. The number of carbonyl (C=O) groups excluding carboxylic acids is 3. The van der Waals surface area contributed by atoms with Crippen molar-refractivity contribution < 1.29 is 27.5 Å². The number of rotatable bonds is 9. The van der Waals surface area contributed by atoms with Crippen LogP contribution in [0.2, 0.25) is 0 Å². The molecule has 10 heteroatoms. The summed E-state index contributed by atoms with van der Waals surface area (Å²) in [5.74, 6) is -2.28. The standard InChI is InChI=1S/C19H29N3O6S/c1-11(2)10-15(22-29(26,27)14-8-6-13(5)7-9-14)18(24)28-16(12(3)4)17(23)21-19(20)25/h6-9,11-12,15-16,22H,10H2,1-5H3,(H3,20,21,23,25)/t15-,16-/m1/s1. The highest BCUT2D eigenvalue weighted by molar-refractivity contribution is 7.89. The molecule has 0 aliphatic rings. The van der Waals surface area contributed by atoms with Crippen molar-refractivity contribution in [2.24, 2.45) is 17.6 Å². The molecule has 162 valence electrons. The SMILES string of the molecule is Cc1ccc(S(=O)(=O)N[C@H](CC(C)C)C(=O)O[C@@H](C(=O)NC(N)=O)C(C)C)cc1. The minimum atomic E-state index is -3.99. The van der Waals surface area contributed by atoms with Gasteiger partial charge in [-0.05, 0) is 37.3 Å². The zero-order valence-corrected chi connectivity index (χ0v) is 18.1. The van der Waals surface area contributed by atoms with E-state index >= 15 is 0 Å². The van der Waals surface area contributed by atoms with Crippen molar-refractivity contribution in [1.82, 2.24) is 10.0 Å². The summed E-state index contributed by atoms with van der Waals surface area (Å²) in [5.41, 5.74) is 5.83. The Morgan fingerprint density at radius 2 is 1.62 bits per heavy atom. The zero-order valence-electron chi connectivity index (χ0n) is 17.3. The molecule has 4 N–H and O–H groups in total. The molecule has 0 aromatic heterocycles. The third-order valence-electron chi connectivity index (χ3n) is 3.97. The molecule has 29 heavy (non-hydrogen) atoms. The number of sulfonamides is 1. The summed E-state index contributed by atoms with van der Waals surface area (Å²) >= 11 is 0. The monoisotopic (exact) mass is 427 g/mol. The lowest BCUT2D eigenvalue weighted by atomic mass is 10.0. The first kappa shape index (κ1) is 24.6. The molecule has 2 atom stereocenters. The molecule has 0 fully saturated rings. The van der Waals surface area contributed by atoms with Crippen molar-refractivity contribution in [1.29, 1.82) is 0 Å². The number of imide groups is 1. The van der Waals surface area contributed by atoms with E-state index in [9.17, 15) is 22.8 Å². The third-order valence-corrected chi connectivity index (χ3v) is 5.46. The van der Waals surface area contributed by atoms with Crippen LogP contribution >= 0.6 is 0 Å². The predicted molar refractivity (Wildman–Crippen MR) is 107 cm³/mol. The molecule has 0 saturated heterocycles. The topological polar surface area (TPSA) is 145 Å². The molecule has 0 saturated carbocycles. The molecule has 9 nitrogen and oxygen atoms in total. The number of benzene rings is 1. The maximum Gasteiger partial charge on any atom is 0.324 e. The van der Waals surface area contributed by atoms with Crippen LogP contribution in [-0.4, -0.2) is 38.5 Å². The number of esters is 1. The van der Waals surface area contributed by atoms with Crippen LogP contribution in [0.3, 0.4) is 0 Å². The van der Waals surface area contributed by atoms with Gasteiger partial charge in [-0.15, -0.1) is 0 Å². The fraction of sp³-hybridized carbons (Fsp3) is 0.526. The number of carbonyl (C=O) groups is 3. The van der Waals surface area contributed by atoms with E-state index in [4.69, 9.17) is 10.5 Å². The van der Waals surface area contributed by atoms with Crippen molar-refractivity contribution in [2.45, 2.75) is 58.1 Å². The van der Waals surface area contributed by atoms with Crippen LogP contribution in [0.4, 0.5) is 4.79 Å². The van der Waals surface area contributed by atoms with E-state index in [1.165, 1.54) is 12.1 Å². The van der Waals surface area contributed by atoms with E-state index in [2.05, 4.69) is 4.72 Å². The van der Waals surface area contributed by atoms with Crippen LogP contribution < -0.4 is 15.8 Å². The normalized spacial score (nSPS) is 13.8. The summed E-state index contributed by atoms with van der Waals surface area (Å²) in [5, 5.41) is 1.87.